The van der Waals surface area contributed by atoms with E-state index >= 15 is 0 Å². The monoisotopic (exact) mass is 447 g/mol. The maximum Gasteiger partial charge on any atom is 0.295 e. The Bertz CT molecular complexity index is 1320. The molecule has 7 heteroatoms. The molecule has 0 spiro atoms. The van der Waals surface area contributed by atoms with Gasteiger partial charge in [-0.2, -0.15) is 0 Å². The summed E-state index contributed by atoms with van der Waals surface area (Å²) in [7, 11) is 1.93. The molecule has 1 N–H and O–H groups in total. The van der Waals surface area contributed by atoms with Gasteiger partial charge in [-0.3, -0.25) is 9.48 Å². The van der Waals surface area contributed by atoms with Crippen molar-refractivity contribution in [3.63, 3.8) is 0 Å². The smallest absolute Gasteiger partial charge is 0.295 e. The predicted molar refractivity (Wildman–Crippen MR) is 132 cm³/mol. The Hall–Kier alpha value is -3.06. The van der Waals surface area contributed by atoms with Crippen molar-refractivity contribution in [2.45, 2.75) is 52.5 Å². The van der Waals surface area contributed by atoms with Crippen molar-refractivity contribution in [1.29, 1.82) is 0 Å². The van der Waals surface area contributed by atoms with E-state index in [4.69, 9.17) is 4.98 Å². The van der Waals surface area contributed by atoms with Crippen molar-refractivity contribution < 1.29 is 0 Å². The molecule has 0 aliphatic heterocycles. The maximum absolute atomic E-state index is 13.6. The Kier molecular flexibility index (Phi) is 5.29. The molecule has 1 aliphatic carbocycles. The minimum Gasteiger partial charge on any atom is -0.359 e. The second kappa shape index (κ2) is 8.13. The number of hydrogen-bond donors (Lipinski definition) is 1. The Morgan fingerprint density at radius 3 is 2.50 bits per heavy atom. The van der Waals surface area contributed by atoms with Crippen LogP contribution < -0.4 is 10.9 Å². The summed E-state index contributed by atoms with van der Waals surface area (Å²) in [6.07, 6.45) is 5.05. The molecular weight excluding hydrogens is 418 g/mol. The van der Waals surface area contributed by atoms with Crippen LogP contribution >= 0.6 is 11.3 Å². The number of aryl methyl sites for hydroxylation is 1. The largest absolute Gasteiger partial charge is 0.359 e. The van der Waals surface area contributed by atoms with Crippen molar-refractivity contribution in [3.8, 4) is 22.6 Å². The van der Waals surface area contributed by atoms with E-state index < -0.39 is 0 Å². The number of aromatic nitrogens is 4. The molecule has 0 saturated heterocycles. The molecule has 1 aromatic carbocycles. The summed E-state index contributed by atoms with van der Waals surface area (Å²) in [6.45, 7) is 6.13. The van der Waals surface area contributed by atoms with E-state index in [1.165, 1.54) is 25.7 Å². The highest BCUT2D eigenvalue weighted by Gasteiger charge is 2.23. The van der Waals surface area contributed by atoms with E-state index in [1.54, 1.807) is 16.0 Å². The molecule has 5 rings (SSSR count). The van der Waals surface area contributed by atoms with E-state index in [9.17, 15) is 4.79 Å². The quantitative estimate of drug-likeness (QED) is 0.447. The third-order valence-corrected chi connectivity index (χ3v) is 7.41. The van der Waals surface area contributed by atoms with Crippen LogP contribution in [0, 0.1) is 20.8 Å². The van der Waals surface area contributed by atoms with Crippen LogP contribution in [0.4, 0.5) is 5.13 Å². The lowest BCUT2D eigenvalue weighted by atomic mass is 10.2. The van der Waals surface area contributed by atoms with Gasteiger partial charge in [-0.15, -0.1) is 11.3 Å². The molecule has 1 aliphatic rings. The zero-order valence-corrected chi connectivity index (χ0v) is 19.9. The van der Waals surface area contributed by atoms with Gasteiger partial charge in [0.1, 0.15) is 5.69 Å². The van der Waals surface area contributed by atoms with Gasteiger partial charge in [0, 0.05) is 35.4 Å². The molecular formula is C25H29N5OS. The zero-order valence-electron chi connectivity index (χ0n) is 19.1. The highest BCUT2D eigenvalue weighted by atomic mass is 32.1. The van der Waals surface area contributed by atoms with Crippen molar-refractivity contribution in [2.24, 2.45) is 7.05 Å². The molecule has 3 heterocycles. The van der Waals surface area contributed by atoms with Crippen molar-refractivity contribution in [3.05, 3.63) is 69.2 Å². The average molecular weight is 448 g/mol. The minimum atomic E-state index is -0.0218. The molecule has 0 unspecified atom stereocenters. The Morgan fingerprint density at radius 1 is 1.06 bits per heavy atom. The molecule has 3 aromatic heterocycles. The number of nitrogens with one attached hydrogen (secondary N) is 1. The molecule has 0 atom stereocenters. The van der Waals surface area contributed by atoms with Gasteiger partial charge in [0.25, 0.3) is 5.56 Å². The van der Waals surface area contributed by atoms with Gasteiger partial charge in [0.15, 0.2) is 5.13 Å². The van der Waals surface area contributed by atoms with E-state index in [0.717, 1.165) is 39.2 Å². The second-order valence-electron chi connectivity index (χ2n) is 8.69. The molecule has 0 amide bonds. The van der Waals surface area contributed by atoms with Crippen LogP contribution in [0.25, 0.3) is 22.6 Å². The average Bonchev–Trinajstić information content (AvgIpc) is 3.55. The zero-order chi connectivity index (χ0) is 22.4. The summed E-state index contributed by atoms with van der Waals surface area (Å²) in [5, 5.41) is 6.69. The first-order valence-corrected chi connectivity index (χ1v) is 12.1. The van der Waals surface area contributed by atoms with Gasteiger partial charge in [-0.05, 0) is 51.8 Å². The minimum absolute atomic E-state index is 0.0218. The normalized spacial score (nSPS) is 14.4. The van der Waals surface area contributed by atoms with Crippen LogP contribution in [-0.4, -0.2) is 25.0 Å². The number of anilines is 1. The number of hydrogen-bond acceptors (Lipinski definition) is 4. The first kappa shape index (κ1) is 20.8. The van der Waals surface area contributed by atoms with Crippen LogP contribution in [0.15, 0.2) is 46.6 Å². The van der Waals surface area contributed by atoms with E-state index in [-0.39, 0.29) is 5.56 Å². The van der Waals surface area contributed by atoms with Gasteiger partial charge < -0.3 is 9.88 Å². The number of benzene rings is 1. The molecule has 1 fully saturated rings. The molecule has 0 radical (unpaired) electrons. The summed E-state index contributed by atoms with van der Waals surface area (Å²) in [4.78, 5) is 18.4. The number of thiazole rings is 1. The third-order valence-electron chi connectivity index (χ3n) is 6.64. The standard InChI is InChI=1S/C25H29N5OS/c1-16-14-21(22-15-32-25(27-22)26-19-10-8-9-11-19)17(2)29(16)23-18(3)28(4)30(24(23)31)20-12-6-5-7-13-20/h5-7,12-15,19H,8-11H2,1-4H3,(H,26,27). The van der Waals surface area contributed by atoms with Crippen molar-refractivity contribution in [1.82, 2.24) is 18.9 Å². The second-order valence-corrected chi connectivity index (χ2v) is 9.55. The Balaban J connectivity index is 1.56. The number of nitrogens with zero attached hydrogens (tertiary/aromatic N) is 4. The van der Waals surface area contributed by atoms with Gasteiger partial charge in [0.2, 0.25) is 0 Å². The first-order valence-electron chi connectivity index (χ1n) is 11.2. The van der Waals surface area contributed by atoms with Gasteiger partial charge >= 0.3 is 0 Å². The Morgan fingerprint density at radius 2 is 1.78 bits per heavy atom. The van der Waals surface area contributed by atoms with Gasteiger partial charge in [-0.25, -0.2) is 9.67 Å². The van der Waals surface area contributed by atoms with Crippen molar-refractivity contribution in [2.75, 3.05) is 5.32 Å². The fourth-order valence-corrected chi connectivity index (χ4v) is 5.68. The number of rotatable bonds is 5. The lowest BCUT2D eigenvalue weighted by Crippen LogP contribution is -2.21. The first-order chi connectivity index (χ1) is 15.5. The van der Waals surface area contributed by atoms with Crippen molar-refractivity contribution >= 4 is 16.5 Å². The Labute approximate surface area is 192 Å². The van der Waals surface area contributed by atoms with Crippen LogP contribution in [0.1, 0.15) is 42.8 Å². The lowest BCUT2D eigenvalue weighted by molar-refractivity contribution is 0.630. The maximum atomic E-state index is 13.6. The van der Waals surface area contributed by atoms with Crippen LogP contribution in [0.3, 0.4) is 0 Å². The third kappa shape index (κ3) is 3.41. The summed E-state index contributed by atoms with van der Waals surface area (Å²) in [5.41, 5.74) is 6.56. The van der Waals surface area contributed by atoms with E-state index in [2.05, 4.69) is 35.2 Å². The molecule has 6 nitrogen and oxygen atoms in total. The fraction of sp³-hybridized carbons (Fsp3) is 0.360. The van der Waals surface area contributed by atoms with E-state index in [0.29, 0.717) is 11.7 Å². The topological polar surface area (TPSA) is 56.8 Å². The highest BCUT2D eigenvalue weighted by molar-refractivity contribution is 7.14. The summed E-state index contributed by atoms with van der Waals surface area (Å²) >= 11 is 1.66. The molecule has 32 heavy (non-hydrogen) atoms. The van der Waals surface area contributed by atoms with Gasteiger partial charge in [0.05, 0.1) is 17.1 Å². The van der Waals surface area contributed by atoms with E-state index in [1.807, 2.05) is 49.0 Å². The summed E-state index contributed by atoms with van der Waals surface area (Å²) in [5.74, 6) is 0. The molecule has 1 saturated carbocycles. The summed E-state index contributed by atoms with van der Waals surface area (Å²) in [6, 6.07) is 12.5. The molecule has 166 valence electrons. The number of para-hydroxylation sites is 1. The predicted octanol–water partition coefficient (Wildman–Crippen LogP) is 5.37. The van der Waals surface area contributed by atoms with Crippen LogP contribution in [0.2, 0.25) is 0 Å². The lowest BCUT2D eigenvalue weighted by Gasteiger charge is -2.09. The fourth-order valence-electron chi connectivity index (χ4n) is 4.89. The summed E-state index contributed by atoms with van der Waals surface area (Å²) < 4.78 is 5.74. The molecule has 4 aromatic rings. The van der Waals surface area contributed by atoms with Gasteiger partial charge in [-0.1, -0.05) is 31.0 Å². The van der Waals surface area contributed by atoms with Crippen LogP contribution in [-0.2, 0) is 7.05 Å². The molecule has 0 bridgehead atoms. The highest BCUT2D eigenvalue weighted by Crippen LogP contribution is 2.33. The SMILES string of the molecule is Cc1cc(-c2csc(NC3CCCC3)n2)c(C)n1-c1c(C)n(C)n(-c2ccccc2)c1=O. The van der Waals surface area contributed by atoms with Crippen LogP contribution in [0.5, 0.6) is 0 Å².